The van der Waals surface area contributed by atoms with E-state index in [1.165, 1.54) is 5.56 Å². The Bertz CT molecular complexity index is 338. The highest BCUT2D eigenvalue weighted by Crippen LogP contribution is 2.31. The van der Waals surface area contributed by atoms with Gasteiger partial charge in [-0.15, -0.1) is 0 Å². The van der Waals surface area contributed by atoms with Crippen molar-refractivity contribution >= 4 is 0 Å². The van der Waals surface area contributed by atoms with Crippen LogP contribution in [0.15, 0.2) is 18.2 Å². The van der Waals surface area contributed by atoms with Crippen LogP contribution in [0.4, 0.5) is 0 Å². The van der Waals surface area contributed by atoms with Crippen LogP contribution in [0.2, 0.25) is 0 Å². The second-order valence-corrected chi connectivity index (χ2v) is 3.86. The normalized spacial score (nSPS) is 19.5. The Morgan fingerprint density at radius 2 is 2.40 bits per heavy atom. The second-order valence-electron chi connectivity index (χ2n) is 3.86. The largest absolute Gasteiger partial charge is 0.493 e. The third kappa shape index (κ3) is 2.30. The molecule has 82 valence electrons. The van der Waals surface area contributed by atoms with Gasteiger partial charge < -0.3 is 15.2 Å². The number of hydrogen-bond donors (Lipinski definition) is 1. The minimum absolute atomic E-state index is 0.122. The summed E-state index contributed by atoms with van der Waals surface area (Å²) in [6.07, 6.45) is 1.83. The lowest BCUT2D eigenvalue weighted by Crippen LogP contribution is -2.20. The minimum atomic E-state index is 0.122. The van der Waals surface area contributed by atoms with Crippen LogP contribution >= 0.6 is 0 Å². The topological polar surface area (TPSA) is 44.5 Å². The Kier molecular flexibility index (Phi) is 3.23. The summed E-state index contributed by atoms with van der Waals surface area (Å²) in [6.45, 7) is 1.47. The zero-order valence-corrected chi connectivity index (χ0v) is 9.03. The van der Waals surface area contributed by atoms with Crippen molar-refractivity contribution in [3.8, 4) is 5.75 Å². The molecule has 0 bridgehead atoms. The zero-order chi connectivity index (χ0) is 10.7. The SMILES string of the molecule is COCCc1ccc2c(c1)[C@H](N)CCO2. The molecule has 1 atom stereocenters. The van der Waals surface area contributed by atoms with Crippen LogP contribution in [0.1, 0.15) is 23.6 Å². The lowest BCUT2D eigenvalue weighted by Gasteiger charge is -2.23. The molecule has 0 radical (unpaired) electrons. The van der Waals surface area contributed by atoms with Gasteiger partial charge in [-0.1, -0.05) is 12.1 Å². The molecule has 0 amide bonds. The fourth-order valence-corrected chi connectivity index (χ4v) is 1.85. The molecule has 0 saturated carbocycles. The molecule has 15 heavy (non-hydrogen) atoms. The lowest BCUT2D eigenvalue weighted by molar-refractivity contribution is 0.202. The summed E-state index contributed by atoms with van der Waals surface area (Å²) in [5.74, 6) is 0.940. The number of rotatable bonds is 3. The smallest absolute Gasteiger partial charge is 0.124 e. The summed E-state index contributed by atoms with van der Waals surface area (Å²) < 4.78 is 10.6. The molecule has 3 heteroatoms. The molecule has 2 rings (SSSR count). The number of ether oxygens (including phenoxy) is 2. The Hall–Kier alpha value is -1.06. The van der Waals surface area contributed by atoms with E-state index in [1.54, 1.807) is 7.11 Å². The molecule has 0 fully saturated rings. The first-order chi connectivity index (χ1) is 7.31. The molecule has 2 N–H and O–H groups in total. The van der Waals surface area contributed by atoms with E-state index >= 15 is 0 Å². The summed E-state index contributed by atoms with van der Waals surface area (Å²) in [7, 11) is 1.72. The van der Waals surface area contributed by atoms with Gasteiger partial charge in [0, 0.05) is 25.1 Å². The van der Waals surface area contributed by atoms with Crippen molar-refractivity contribution in [2.45, 2.75) is 18.9 Å². The number of hydrogen-bond acceptors (Lipinski definition) is 3. The zero-order valence-electron chi connectivity index (χ0n) is 9.03. The highest BCUT2D eigenvalue weighted by atomic mass is 16.5. The first kappa shape index (κ1) is 10.5. The first-order valence-corrected chi connectivity index (χ1v) is 5.31. The van der Waals surface area contributed by atoms with E-state index in [9.17, 15) is 0 Å². The maximum absolute atomic E-state index is 6.03. The molecular formula is C12H17NO2. The van der Waals surface area contributed by atoms with Crippen LogP contribution in [0, 0.1) is 0 Å². The van der Waals surface area contributed by atoms with Gasteiger partial charge >= 0.3 is 0 Å². The van der Waals surface area contributed by atoms with Gasteiger partial charge in [-0.05, 0) is 18.1 Å². The van der Waals surface area contributed by atoms with Gasteiger partial charge in [-0.3, -0.25) is 0 Å². The Morgan fingerprint density at radius 3 is 3.20 bits per heavy atom. The van der Waals surface area contributed by atoms with E-state index in [0.717, 1.165) is 37.4 Å². The van der Waals surface area contributed by atoms with Crippen LogP contribution in [0.5, 0.6) is 5.75 Å². The molecule has 0 aromatic heterocycles. The molecule has 1 aliphatic heterocycles. The first-order valence-electron chi connectivity index (χ1n) is 5.31. The highest BCUT2D eigenvalue weighted by Gasteiger charge is 2.17. The average molecular weight is 207 g/mol. The van der Waals surface area contributed by atoms with Crippen LogP contribution in [0.3, 0.4) is 0 Å². The molecule has 0 spiro atoms. The fourth-order valence-electron chi connectivity index (χ4n) is 1.85. The van der Waals surface area contributed by atoms with Gasteiger partial charge in [0.1, 0.15) is 5.75 Å². The Morgan fingerprint density at radius 1 is 1.53 bits per heavy atom. The van der Waals surface area contributed by atoms with E-state index in [2.05, 4.69) is 12.1 Å². The van der Waals surface area contributed by atoms with Crippen molar-refractivity contribution in [3.05, 3.63) is 29.3 Å². The van der Waals surface area contributed by atoms with E-state index in [-0.39, 0.29) is 6.04 Å². The van der Waals surface area contributed by atoms with Crippen molar-refractivity contribution in [2.75, 3.05) is 20.3 Å². The summed E-state index contributed by atoms with van der Waals surface area (Å²) in [5.41, 5.74) is 8.43. The number of nitrogens with two attached hydrogens (primary N) is 1. The van der Waals surface area contributed by atoms with E-state index in [1.807, 2.05) is 6.07 Å². The van der Waals surface area contributed by atoms with Gasteiger partial charge in [0.05, 0.1) is 13.2 Å². The van der Waals surface area contributed by atoms with E-state index in [0.29, 0.717) is 0 Å². The Balaban J connectivity index is 2.19. The average Bonchev–Trinajstić information content (AvgIpc) is 2.27. The molecule has 0 aliphatic carbocycles. The molecule has 0 unspecified atom stereocenters. The number of fused-ring (bicyclic) bond motifs is 1. The van der Waals surface area contributed by atoms with Gasteiger partial charge in [0.15, 0.2) is 0 Å². The van der Waals surface area contributed by atoms with Gasteiger partial charge in [0.2, 0.25) is 0 Å². The minimum Gasteiger partial charge on any atom is -0.493 e. The van der Waals surface area contributed by atoms with Crippen molar-refractivity contribution in [1.29, 1.82) is 0 Å². The molecule has 1 aliphatic rings. The highest BCUT2D eigenvalue weighted by molar-refractivity contribution is 5.40. The fraction of sp³-hybridized carbons (Fsp3) is 0.500. The third-order valence-corrected chi connectivity index (χ3v) is 2.75. The van der Waals surface area contributed by atoms with Crippen molar-refractivity contribution < 1.29 is 9.47 Å². The maximum atomic E-state index is 6.03. The van der Waals surface area contributed by atoms with Crippen molar-refractivity contribution in [2.24, 2.45) is 5.73 Å². The van der Waals surface area contributed by atoms with E-state index in [4.69, 9.17) is 15.2 Å². The van der Waals surface area contributed by atoms with Gasteiger partial charge in [-0.25, -0.2) is 0 Å². The predicted octanol–water partition coefficient (Wildman–Crippen LogP) is 1.66. The quantitative estimate of drug-likeness (QED) is 0.819. The summed E-state index contributed by atoms with van der Waals surface area (Å²) in [6, 6.07) is 6.35. The summed E-state index contributed by atoms with van der Waals surface area (Å²) in [5, 5.41) is 0. The van der Waals surface area contributed by atoms with Gasteiger partial charge in [-0.2, -0.15) is 0 Å². The third-order valence-electron chi connectivity index (χ3n) is 2.75. The lowest BCUT2D eigenvalue weighted by atomic mass is 9.98. The van der Waals surface area contributed by atoms with Gasteiger partial charge in [0.25, 0.3) is 0 Å². The van der Waals surface area contributed by atoms with Crippen molar-refractivity contribution in [1.82, 2.24) is 0 Å². The monoisotopic (exact) mass is 207 g/mol. The molecule has 1 aromatic carbocycles. The molecular weight excluding hydrogens is 190 g/mol. The van der Waals surface area contributed by atoms with Crippen LogP contribution in [-0.2, 0) is 11.2 Å². The van der Waals surface area contributed by atoms with Crippen LogP contribution < -0.4 is 10.5 Å². The number of methoxy groups -OCH3 is 1. The van der Waals surface area contributed by atoms with Crippen LogP contribution in [0.25, 0.3) is 0 Å². The number of benzene rings is 1. The summed E-state index contributed by atoms with van der Waals surface area (Å²) in [4.78, 5) is 0. The standard InChI is InChI=1S/C12H17NO2/c1-14-6-4-9-2-3-12-10(8-9)11(13)5-7-15-12/h2-3,8,11H,4-7,13H2,1H3/t11-/m1/s1. The maximum Gasteiger partial charge on any atom is 0.124 e. The molecule has 0 saturated heterocycles. The van der Waals surface area contributed by atoms with Crippen molar-refractivity contribution in [3.63, 3.8) is 0 Å². The second kappa shape index (κ2) is 4.64. The predicted molar refractivity (Wildman–Crippen MR) is 59.1 cm³/mol. The summed E-state index contributed by atoms with van der Waals surface area (Å²) >= 11 is 0. The Labute approximate surface area is 90.2 Å². The molecule has 3 nitrogen and oxygen atoms in total. The molecule has 1 aromatic rings. The van der Waals surface area contributed by atoms with Crippen LogP contribution in [-0.4, -0.2) is 20.3 Å². The molecule has 1 heterocycles. The van der Waals surface area contributed by atoms with E-state index < -0.39 is 0 Å².